The molecular formula is C15H24NPS. The third kappa shape index (κ3) is 2.61. The van der Waals surface area contributed by atoms with Crippen LogP contribution in [-0.2, 0) is 6.42 Å². The van der Waals surface area contributed by atoms with Crippen LogP contribution in [0.25, 0.3) is 0 Å². The molecule has 2 heterocycles. The van der Waals surface area contributed by atoms with E-state index < -0.39 is 6.46 Å². The summed E-state index contributed by atoms with van der Waals surface area (Å²) < 4.78 is 0. The molecule has 0 radical (unpaired) electrons. The molecule has 0 unspecified atom stereocenters. The van der Waals surface area contributed by atoms with Gasteiger partial charge in [-0.1, -0.05) is 0 Å². The molecule has 0 aromatic heterocycles. The summed E-state index contributed by atoms with van der Waals surface area (Å²) in [5.74, 6) is 0. The summed E-state index contributed by atoms with van der Waals surface area (Å²) in [7, 11) is 0. The predicted molar refractivity (Wildman–Crippen MR) is 87.1 cm³/mol. The Hall–Kier alpha value is -0.0400. The van der Waals surface area contributed by atoms with Crippen molar-refractivity contribution in [1.29, 1.82) is 0 Å². The van der Waals surface area contributed by atoms with Gasteiger partial charge in [-0.15, -0.1) is 0 Å². The van der Waals surface area contributed by atoms with E-state index in [0.717, 1.165) is 0 Å². The second-order valence-electron chi connectivity index (χ2n) is 5.84. The van der Waals surface area contributed by atoms with Crippen molar-refractivity contribution in [3.63, 3.8) is 0 Å². The molecule has 0 aliphatic carbocycles. The first-order chi connectivity index (χ1) is 8.78. The molecule has 100 valence electrons. The Bertz CT molecular complexity index is 417. The number of fused-ring (bicyclic) bond motifs is 1. The average molecular weight is 281 g/mol. The van der Waals surface area contributed by atoms with E-state index in [4.69, 9.17) is 12.2 Å². The first kappa shape index (κ1) is 13.0. The summed E-state index contributed by atoms with van der Waals surface area (Å²) in [6.07, 6.45) is 8.14. The van der Waals surface area contributed by atoms with E-state index in [0.29, 0.717) is 0 Å². The Balaban J connectivity index is 1.73. The van der Waals surface area contributed by atoms with Gasteiger partial charge in [0.2, 0.25) is 0 Å². The van der Waals surface area contributed by atoms with Crippen molar-refractivity contribution in [3.8, 4) is 0 Å². The van der Waals surface area contributed by atoms with Crippen LogP contribution >= 0.6 is 18.7 Å². The van der Waals surface area contributed by atoms with Gasteiger partial charge in [0, 0.05) is 0 Å². The van der Waals surface area contributed by atoms with Crippen LogP contribution in [0.1, 0.15) is 24.8 Å². The number of hydrogen-bond donors (Lipinski definition) is 1. The fourth-order valence-corrected chi connectivity index (χ4v) is 8.39. The molecule has 0 spiro atoms. The van der Waals surface area contributed by atoms with Crippen LogP contribution in [0, 0.1) is 0 Å². The SMILES string of the molecule is S[PH]1(CCN2CCCC2)CCCc2ccccc21. The Morgan fingerprint density at radius 1 is 1.11 bits per heavy atom. The van der Waals surface area contributed by atoms with Crippen molar-refractivity contribution in [3.05, 3.63) is 29.8 Å². The van der Waals surface area contributed by atoms with Crippen LogP contribution in [0.4, 0.5) is 0 Å². The molecular weight excluding hydrogens is 257 g/mol. The molecule has 2 aliphatic heterocycles. The first-order valence-corrected chi connectivity index (χ1v) is 11.0. The van der Waals surface area contributed by atoms with Crippen molar-refractivity contribution in [2.24, 2.45) is 0 Å². The Morgan fingerprint density at radius 3 is 2.72 bits per heavy atom. The molecule has 3 heteroatoms. The number of likely N-dealkylation sites (tertiary alicyclic amines) is 1. The zero-order valence-corrected chi connectivity index (χ0v) is 13.0. The topological polar surface area (TPSA) is 3.24 Å². The van der Waals surface area contributed by atoms with Crippen LogP contribution in [0.15, 0.2) is 24.3 Å². The van der Waals surface area contributed by atoms with Crippen molar-refractivity contribution < 1.29 is 0 Å². The third-order valence-electron chi connectivity index (χ3n) is 4.60. The Labute approximate surface area is 116 Å². The second-order valence-corrected chi connectivity index (χ2v) is 12.0. The summed E-state index contributed by atoms with van der Waals surface area (Å²) in [5.41, 5.74) is 1.59. The predicted octanol–water partition coefficient (Wildman–Crippen LogP) is 2.95. The molecule has 1 fully saturated rings. The molecule has 0 atom stereocenters. The fourth-order valence-electron chi connectivity index (χ4n) is 3.51. The van der Waals surface area contributed by atoms with Crippen molar-refractivity contribution >= 4 is 24.0 Å². The summed E-state index contributed by atoms with van der Waals surface area (Å²) in [5, 5.41) is 1.64. The van der Waals surface area contributed by atoms with Crippen LogP contribution in [0.5, 0.6) is 0 Å². The molecule has 1 saturated heterocycles. The maximum atomic E-state index is 5.21. The number of benzene rings is 1. The molecule has 18 heavy (non-hydrogen) atoms. The van der Waals surface area contributed by atoms with Crippen LogP contribution in [0.2, 0.25) is 0 Å². The van der Waals surface area contributed by atoms with E-state index in [1.54, 1.807) is 10.9 Å². The third-order valence-corrected chi connectivity index (χ3v) is 10.4. The average Bonchev–Trinajstić information content (AvgIpc) is 2.90. The number of thiol groups is 1. The number of aryl methyl sites for hydroxylation is 1. The van der Waals surface area contributed by atoms with Crippen molar-refractivity contribution in [1.82, 2.24) is 4.90 Å². The summed E-state index contributed by atoms with van der Waals surface area (Å²) in [6.45, 7) is 2.45. The monoisotopic (exact) mass is 281 g/mol. The van der Waals surface area contributed by atoms with Gasteiger partial charge >= 0.3 is 116 Å². The quantitative estimate of drug-likeness (QED) is 0.658. The summed E-state index contributed by atoms with van der Waals surface area (Å²) in [4.78, 5) is 2.64. The van der Waals surface area contributed by atoms with E-state index in [1.807, 2.05) is 0 Å². The van der Waals surface area contributed by atoms with Crippen LogP contribution in [-0.4, -0.2) is 36.9 Å². The van der Waals surface area contributed by atoms with E-state index in [2.05, 4.69) is 29.2 Å². The Kier molecular flexibility index (Phi) is 3.98. The van der Waals surface area contributed by atoms with E-state index in [9.17, 15) is 0 Å². The van der Waals surface area contributed by atoms with Gasteiger partial charge in [-0.3, -0.25) is 0 Å². The van der Waals surface area contributed by atoms with Crippen LogP contribution < -0.4 is 5.30 Å². The van der Waals surface area contributed by atoms with E-state index in [-0.39, 0.29) is 0 Å². The summed E-state index contributed by atoms with van der Waals surface area (Å²) in [6, 6.07) is 9.07. The van der Waals surface area contributed by atoms with E-state index >= 15 is 0 Å². The molecule has 0 amide bonds. The van der Waals surface area contributed by atoms with Crippen molar-refractivity contribution in [2.75, 3.05) is 32.0 Å². The molecule has 1 aromatic rings. The van der Waals surface area contributed by atoms with Gasteiger partial charge in [-0.05, 0) is 0 Å². The van der Waals surface area contributed by atoms with Gasteiger partial charge < -0.3 is 0 Å². The van der Waals surface area contributed by atoms with Gasteiger partial charge in [0.05, 0.1) is 0 Å². The standard InChI is InChI=1S/C15H24NPS/c18-17(13-11-16-9-3-4-10-16)12-5-7-14-6-1-2-8-15(14)17/h1-2,6,8,17-18H,3-5,7,9-13H2. The normalized spacial score (nSPS) is 24.7. The molecule has 1 aromatic carbocycles. The molecule has 0 bridgehead atoms. The molecule has 0 N–H and O–H groups in total. The van der Waals surface area contributed by atoms with Gasteiger partial charge in [0.1, 0.15) is 0 Å². The first-order valence-electron chi connectivity index (χ1n) is 7.31. The van der Waals surface area contributed by atoms with Crippen molar-refractivity contribution in [2.45, 2.75) is 25.7 Å². The molecule has 3 rings (SSSR count). The zero-order valence-electron chi connectivity index (χ0n) is 11.1. The minimum atomic E-state index is -1.47. The number of nitrogens with zero attached hydrogens (tertiary/aromatic N) is 1. The van der Waals surface area contributed by atoms with Gasteiger partial charge in [-0.25, -0.2) is 0 Å². The second kappa shape index (κ2) is 5.53. The van der Waals surface area contributed by atoms with Gasteiger partial charge in [0.25, 0.3) is 0 Å². The maximum absolute atomic E-state index is 5.21. The molecule has 0 saturated carbocycles. The fraction of sp³-hybridized carbons (Fsp3) is 0.600. The minimum absolute atomic E-state index is 1.27. The van der Waals surface area contributed by atoms with Gasteiger partial charge in [0.15, 0.2) is 0 Å². The molecule has 1 nitrogen and oxygen atoms in total. The van der Waals surface area contributed by atoms with Crippen LogP contribution in [0.3, 0.4) is 0 Å². The van der Waals surface area contributed by atoms with Gasteiger partial charge in [-0.2, -0.15) is 0 Å². The number of rotatable bonds is 3. The number of hydrogen-bond acceptors (Lipinski definition) is 2. The zero-order chi connectivity index (χ0) is 12.4. The van der Waals surface area contributed by atoms with E-state index in [1.165, 1.54) is 57.6 Å². The molecule has 2 aliphatic rings. The Morgan fingerprint density at radius 2 is 1.89 bits per heavy atom. The summed E-state index contributed by atoms with van der Waals surface area (Å²) >= 11 is 5.21.